The summed E-state index contributed by atoms with van der Waals surface area (Å²) in [6, 6.07) is 4.85. The van der Waals surface area contributed by atoms with Gasteiger partial charge in [-0.1, -0.05) is 30.9 Å². The van der Waals surface area contributed by atoms with Crippen LogP contribution in [0.4, 0.5) is 5.69 Å². The molecule has 1 aromatic carbocycles. The van der Waals surface area contributed by atoms with Crippen molar-refractivity contribution in [3.8, 4) is 0 Å². The van der Waals surface area contributed by atoms with E-state index in [2.05, 4.69) is 5.32 Å². The zero-order chi connectivity index (χ0) is 15.2. The molecule has 4 nitrogen and oxygen atoms in total. The molecular formula is C16H20ClNO3. The van der Waals surface area contributed by atoms with Crippen LogP contribution < -0.4 is 5.32 Å². The van der Waals surface area contributed by atoms with Gasteiger partial charge in [0.05, 0.1) is 17.2 Å². The van der Waals surface area contributed by atoms with Crippen LogP contribution in [0.5, 0.6) is 0 Å². The van der Waals surface area contributed by atoms with E-state index in [1.807, 2.05) is 0 Å². The van der Waals surface area contributed by atoms with Crippen molar-refractivity contribution in [2.24, 2.45) is 5.92 Å². The molecule has 2 rings (SSSR count). The smallest absolute Gasteiger partial charge is 0.339 e. The molecule has 0 aliphatic heterocycles. The van der Waals surface area contributed by atoms with Gasteiger partial charge in [-0.25, -0.2) is 4.79 Å². The molecule has 0 spiro atoms. The Morgan fingerprint density at radius 2 is 2.00 bits per heavy atom. The third-order valence-corrected chi connectivity index (χ3v) is 4.02. The maximum absolute atomic E-state index is 12.2. The van der Waals surface area contributed by atoms with Crippen LogP contribution in [0.15, 0.2) is 18.2 Å². The number of nitrogens with one attached hydrogen (secondary N) is 1. The van der Waals surface area contributed by atoms with Gasteiger partial charge in [-0.15, -0.1) is 0 Å². The number of halogens is 1. The maximum atomic E-state index is 12.2. The molecular weight excluding hydrogens is 290 g/mol. The zero-order valence-electron chi connectivity index (χ0n) is 12.2. The molecule has 0 radical (unpaired) electrons. The van der Waals surface area contributed by atoms with Gasteiger partial charge in [0, 0.05) is 11.6 Å². The summed E-state index contributed by atoms with van der Waals surface area (Å²) in [5.74, 6) is -0.329. The molecule has 0 saturated heterocycles. The first-order valence-corrected chi connectivity index (χ1v) is 7.77. The van der Waals surface area contributed by atoms with Crippen molar-refractivity contribution >= 4 is 29.2 Å². The molecule has 1 saturated carbocycles. The van der Waals surface area contributed by atoms with Crippen LogP contribution in [0.3, 0.4) is 0 Å². The van der Waals surface area contributed by atoms with E-state index < -0.39 is 5.97 Å². The highest BCUT2D eigenvalue weighted by Gasteiger charge is 2.21. The lowest BCUT2D eigenvalue weighted by molar-refractivity contribution is -0.120. The van der Waals surface area contributed by atoms with E-state index in [9.17, 15) is 9.59 Å². The Morgan fingerprint density at radius 3 is 2.62 bits per heavy atom. The number of hydrogen-bond donors (Lipinski definition) is 1. The Balaban J connectivity index is 2.02. The molecule has 0 aromatic heterocycles. The number of anilines is 1. The first kappa shape index (κ1) is 15.8. The Hall–Kier alpha value is -1.55. The normalized spacial score (nSPS) is 15.5. The van der Waals surface area contributed by atoms with Gasteiger partial charge in [-0.3, -0.25) is 4.79 Å². The van der Waals surface area contributed by atoms with Crippen LogP contribution in [0.25, 0.3) is 0 Å². The minimum atomic E-state index is -0.451. The number of esters is 1. The second kappa shape index (κ2) is 7.46. The summed E-state index contributed by atoms with van der Waals surface area (Å²) in [5.41, 5.74) is 0.929. The monoisotopic (exact) mass is 309 g/mol. The topological polar surface area (TPSA) is 55.4 Å². The number of carbonyl (C=O) groups excluding carboxylic acids is 2. The zero-order valence-corrected chi connectivity index (χ0v) is 12.9. The second-order valence-corrected chi connectivity index (χ2v) is 5.65. The molecule has 1 aromatic rings. The van der Waals surface area contributed by atoms with Gasteiger partial charge >= 0.3 is 5.97 Å². The van der Waals surface area contributed by atoms with Crippen LogP contribution in [0, 0.1) is 5.92 Å². The minimum Gasteiger partial charge on any atom is -0.462 e. The highest BCUT2D eigenvalue weighted by atomic mass is 35.5. The van der Waals surface area contributed by atoms with Crippen molar-refractivity contribution in [1.29, 1.82) is 0 Å². The molecule has 1 aliphatic rings. The van der Waals surface area contributed by atoms with E-state index in [-0.39, 0.29) is 16.8 Å². The first-order chi connectivity index (χ1) is 10.1. The van der Waals surface area contributed by atoms with E-state index in [0.29, 0.717) is 17.9 Å². The molecule has 1 N–H and O–H groups in total. The van der Waals surface area contributed by atoms with Crippen LogP contribution >= 0.6 is 11.6 Å². The van der Waals surface area contributed by atoms with Crippen molar-refractivity contribution in [2.75, 3.05) is 11.9 Å². The summed E-state index contributed by atoms with van der Waals surface area (Å²) in [6.45, 7) is 2.04. The molecule has 1 aliphatic carbocycles. The summed E-state index contributed by atoms with van der Waals surface area (Å²) >= 11 is 6.08. The average Bonchev–Trinajstić information content (AvgIpc) is 2.48. The van der Waals surface area contributed by atoms with Gasteiger partial charge in [-0.2, -0.15) is 0 Å². The van der Waals surface area contributed by atoms with E-state index >= 15 is 0 Å². The molecule has 0 bridgehead atoms. The van der Waals surface area contributed by atoms with Crippen LogP contribution in [0.2, 0.25) is 5.02 Å². The Morgan fingerprint density at radius 1 is 1.29 bits per heavy atom. The summed E-state index contributed by atoms with van der Waals surface area (Å²) in [5, 5.41) is 3.16. The fourth-order valence-electron chi connectivity index (χ4n) is 2.58. The van der Waals surface area contributed by atoms with Crippen molar-refractivity contribution in [3.63, 3.8) is 0 Å². The van der Waals surface area contributed by atoms with Gasteiger partial charge in [-0.05, 0) is 38.0 Å². The highest BCUT2D eigenvalue weighted by Crippen LogP contribution is 2.26. The van der Waals surface area contributed by atoms with Crippen molar-refractivity contribution in [3.05, 3.63) is 28.8 Å². The number of hydrogen-bond acceptors (Lipinski definition) is 3. The van der Waals surface area contributed by atoms with Crippen molar-refractivity contribution in [2.45, 2.75) is 39.0 Å². The number of amides is 1. The number of benzene rings is 1. The van der Waals surface area contributed by atoms with Crippen LogP contribution in [0.1, 0.15) is 49.4 Å². The fourth-order valence-corrected chi connectivity index (χ4v) is 2.83. The molecule has 0 atom stereocenters. The molecule has 0 heterocycles. The third kappa shape index (κ3) is 4.21. The lowest BCUT2D eigenvalue weighted by Crippen LogP contribution is -2.24. The number of carbonyl (C=O) groups is 2. The molecule has 1 amide bonds. The quantitative estimate of drug-likeness (QED) is 0.854. The summed E-state index contributed by atoms with van der Waals surface area (Å²) in [7, 11) is 0. The van der Waals surface area contributed by atoms with Gasteiger partial charge in [0.15, 0.2) is 0 Å². The number of rotatable bonds is 4. The van der Waals surface area contributed by atoms with Crippen LogP contribution in [-0.4, -0.2) is 18.5 Å². The largest absolute Gasteiger partial charge is 0.462 e. The Labute approximate surface area is 129 Å². The van der Waals surface area contributed by atoms with E-state index in [1.54, 1.807) is 25.1 Å². The van der Waals surface area contributed by atoms with Gasteiger partial charge in [0.25, 0.3) is 0 Å². The molecule has 5 heteroatoms. The predicted octanol–water partition coefficient (Wildman–Crippen LogP) is 4.04. The maximum Gasteiger partial charge on any atom is 0.339 e. The summed E-state index contributed by atoms with van der Waals surface area (Å²) < 4.78 is 4.91. The van der Waals surface area contributed by atoms with E-state index in [4.69, 9.17) is 16.3 Å². The SMILES string of the molecule is CCOC(=O)c1ccc(NC(=O)C2CCCCC2)cc1Cl. The Kier molecular flexibility index (Phi) is 5.62. The predicted molar refractivity (Wildman–Crippen MR) is 82.6 cm³/mol. The lowest BCUT2D eigenvalue weighted by Gasteiger charge is -2.20. The van der Waals surface area contributed by atoms with E-state index in [0.717, 1.165) is 25.7 Å². The highest BCUT2D eigenvalue weighted by molar-refractivity contribution is 6.34. The molecule has 1 fully saturated rings. The minimum absolute atomic E-state index is 0.0367. The molecule has 0 unspecified atom stereocenters. The lowest BCUT2D eigenvalue weighted by atomic mass is 9.88. The van der Waals surface area contributed by atoms with Crippen molar-refractivity contribution in [1.82, 2.24) is 0 Å². The van der Waals surface area contributed by atoms with Gasteiger partial charge < -0.3 is 10.1 Å². The number of ether oxygens (including phenoxy) is 1. The Bertz CT molecular complexity index is 524. The standard InChI is InChI=1S/C16H20ClNO3/c1-2-21-16(20)13-9-8-12(10-14(13)17)18-15(19)11-6-4-3-5-7-11/h8-11H,2-7H2,1H3,(H,18,19). The first-order valence-electron chi connectivity index (χ1n) is 7.39. The van der Waals surface area contributed by atoms with Crippen molar-refractivity contribution < 1.29 is 14.3 Å². The summed E-state index contributed by atoms with van der Waals surface area (Å²) in [6.07, 6.45) is 5.33. The van der Waals surface area contributed by atoms with E-state index in [1.165, 1.54) is 6.42 Å². The second-order valence-electron chi connectivity index (χ2n) is 5.24. The van der Waals surface area contributed by atoms with Crippen LogP contribution in [-0.2, 0) is 9.53 Å². The molecule has 21 heavy (non-hydrogen) atoms. The third-order valence-electron chi connectivity index (χ3n) is 3.71. The summed E-state index contributed by atoms with van der Waals surface area (Å²) in [4.78, 5) is 23.8. The molecule has 114 valence electrons. The fraction of sp³-hybridized carbons (Fsp3) is 0.500. The average molecular weight is 310 g/mol. The van der Waals surface area contributed by atoms with Gasteiger partial charge in [0.2, 0.25) is 5.91 Å². The van der Waals surface area contributed by atoms with Gasteiger partial charge in [0.1, 0.15) is 0 Å².